The van der Waals surface area contributed by atoms with E-state index in [0.717, 1.165) is 36.8 Å². The van der Waals surface area contributed by atoms with E-state index in [1.54, 1.807) is 50.2 Å². The van der Waals surface area contributed by atoms with Gasteiger partial charge in [-0.25, -0.2) is 8.78 Å². The number of carbonyl (C=O) groups is 4. The molecule has 2 saturated carbocycles. The van der Waals surface area contributed by atoms with E-state index in [4.69, 9.17) is 9.47 Å². The average Bonchev–Trinajstić information content (AvgIpc) is 4.26. The van der Waals surface area contributed by atoms with Crippen LogP contribution in [0.2, 0.25) is 0 Å². The predicted molar refractivity (Wildman–Crippen MR) is 252 cm³/mol. The Balaban J connectivity index is 0.000000206. The summed E-state index contributed by atoms with van der Waals surface area (Å²) in [5.41, 5.74) is 0.903. The molecule has 2 fully saturated rings. The number of hydrogen-bond acceptors (Lipinski definition) is 10. The highest BCUT2D eigenvalue weighted by Crippen LogP contribution is 2.41. The minimum absolute atomic E-state index is 0.0519. The fourth-order valence-corrected chi connectivity index (χ4v) is 8.08. The monoisotopic (exact) mass is 962 g/mol. The molecule has 4 atom stereocenters. The van der Waals surface area contributed by atoms with Gasteiger partial charge in [0.2, 0.25) is 11.8 Å². The second kappa shape index (κ2) is 21.5. The minimum atomic E-state index is -1.07. The van der Waals surface area contributed by atoms with Crippen LogP contribution in [0.25, 0.3) is 11.4 Å². The van der Waals surface area contributed by atoms with Gasteiger partial charge in [0.05, 0.1) is 36.1 Å². The molecule has 0 unspecified atom stereocenters. The second-order valence-corrected chi connectivity index (χ2v) is 18.3. The summed E-state index contributed by atoms with van der Waals surface area (Å²) < 4.78 is 43.1. The first-order valence-electron chi connectivity index (χ1n) is 22.9. The van der Waals surface area contributed by atoms with E-state index >= 15 is 0 Å². The number of carboxylic acid groups (broad SMARTS) is 2. The lowest BCUT2D eigenvalue weighted by atomic mass is 9.98. The summed E-state index contributed by atoms with van der Waals surface area (Å²) in [6, 6.07) is 27.4. The Morgan fingerprint density at radius 1 is 0.614 bits per heavy atom. The Bertz CT molecular complexity index is 2660. The van der Waals surface area contributed by atoms with Crippen LogP contribution >= 0.6 is 0 Å². The molecule has 0 radical (unpaired) electrons. The fraction of sp³-hybridized carbons (Fsp3) is 0.346. The maximum atomic E-state index is 14.6. The fourth-order valence-electron chi connectivity index (χ4n) is 8.08. The smallest absolute Gasteiger partial charge is 0.305 e. The molecule has 2 aliphatic rings. The molecule has 368 valence electrons. The Kier molecular flexibility index (Phi) is 15.5. The Morgan fingerprint density at radius 2 is 0.957 bits per heavy atom. The molecule has 2 amide bonds. The van der Waals surface area contributed by atoms with Gasteiger partial charge in [-0.05, 0) is 112 Å². The number of nitrogens with one attached hydrogen (secondary N) is 2. The number of carboxylic acids is 2. The van der Waals surface area contributed by atoms with Crippen molar-refractivity contribution < 1.29 is 57.9 Å². The molecule has 18 heteroatoms. The third-order valence-corrected chi connectivity index (χ3v) is 12.4. The van der Waals surface area contributed by atoms with Gasteiger partial charge in [0, 0.05) is 12.1 Å². The van der Waals surface area contributed by atoms with Crippen molar-refractivity contribution in [3.8, 4) is 23.1 Å². The number of aryl methyl sites for hydroxylation is 2. The highest BCUT2D eigenvalue weighted by Gasteiger charge is 2.42. The summed E-state index contributed by atoms with van der Waals surface area (Å²) in [6.07, 6.45) is 2.97. The predicted octanol–water partition coefficient (Wildman–Crippen LogP) is 7.61. The topological polar surface area (TPSA) is 227 Å². The van der Waals surface area contributed by atoms with E-state index in [9.17, 15) is 48.4 Å². The van der Waals surface area contributed by atoms with Crippen LogP contribution in [-0.4, -0.2) is 88.2 Å². The summed E-state index contributed by atoms with van der Waals surface area (Å²) in [7, 11) is 0. The van der Waals surface area contributed by atoms with Gasteiger partial charge in [-0.15, -0.1) is 0 Å². The zero-order valence-corrected chi connectivity index (χ0v) is 39.1. The maximum absolute atomic E-state index is 14.6. The van der Waals surface area contributed by atoms with E-state index < -0.39 is 58.7 Å². The first kappa shape index (κ1) is 50.4. The van der Waals surface area contributed by atoms with Gasteiger partial charge in [0.15, 0.2) is 11.4 Å². The van der Waals surface area contributed by atoms with Crippen molar-refractivity contribution in [3.05, 3.63) is 154 Å². The van der Waals surface area contributed by atoms with E-state index in [2.05, 4.69) is 20.8 Å². The van der Waals surface area contributed by atoms with Gasteiger partial charge in [0.25, 0.3) is 11.8 Å². The number of hydrogen-bond donors (Lipinski definition) is 6. The van der Waals surface area contributed by atoms with Gasteiger partial charge in [-0.1, -0.05) is 72.8 Å². The number of aromatic nitrogens is 4. The molecule has 0 saturated heterocycles. The van der Waals surface area contributed by atoms with E-state index in [1.165, 1.54) is 57.9 Å². The molecule has 6 N–H and O–H groups in total. The summed E-state index contributed by atoms with van der Waals surface area (Å²) >= 11 is 0. The van der Waals surface area contributed by atoms with Gasteiger partial charge in [0.1, 0.15) is 36.2 Å². The zero-order valence-electron chi connectivity index (χ0n) is 39.1. The van der Waals surface area contributed by atoms with Crippen LogP contribution in [0.1, 0.15) is 108 Å². The maximum Gasteiger partial charge on any atom is 0.305 e. The molecule has 2 aliphatic carbocycles. The van der Waals surface area contributed by atoms with Crippen LogP contribution in [0, 0.1) is 37.3 Å². The van der Waals surface area contributed by atoms with Crippen molar-refractivity contribution >= 4 is 23.8 Å². The number of aliphatic carboxylic acids is 2. The zero-order chi connectivity index (χ0) is 50.3. The van der Waals surface area contributed by atoms with Crippen LogP contribution in [0.4, 0.5) is 8.78 Å². The van der Waals surface area contributed by atoms with Crippen molar-refractivity contribution in [1.29, 1.82) is 0 Å². The Morgan fingerprint density at radius 3 is 1.29 bits per heavy atom. The Hall–Kier alpha value is -7.44. The van der Waals surface area contributed by atoms with Crippen molar-refractivity contribution in [3.63, 3.8) is 0 Å². The van der Waals surface area contributed by atoms with Gasteiger partial charge in [-0.3, -0.25) is 19.2 Å². The number of amides is 2. The van der Waals surface area contributed by atoms with Crippen molar-refractivity contribution in [2.75, 3.05) is 13.2 Å². The van der Waals surface area contributed by atoms with Crippen molar-refractivity contribution in [1.82, 2.24) is 30.2 Å². The van der Waals surface area contributed by atoms with Crippen LogP contribution in [0.15, 0.2) is 109 Å². The molecular formula is C52H56F2N6O10. The highest BCUT2D eigenvalue weighted by molar-refractivity contribution is 5.94. The first-order chi connectivity index (χ1) is 33.3. The largest absolute Gasteiger partial charge is 0.481 e. The van der Waals surface area contributed by atoms with Crippen molar-refractivity contribution in [2.45, 2.75) is 89.5 Å². The molecule has 2 aromatic heterocycles. The van der Waals surface area contributed by atoms with Crippen LogP contribution in [0.5, 0.6) is 11.8 Å². The molecular weight excluding hydrogens is 907 g/mol. The molecule has 2 heterocycles. The highest BCUT2D eigenvalue weighted by atomic mass is 19.1. The summed E-state index contributed by atoms with van der Waals surface area (Å²) in [5, 5.41) is 54.0. The molecule has 0 aliphatic heterocycles. The number of halogens is 2. The number of carbonyl (C=O) groups excluding carboxylic acids is 2. The molecule has 6 aromatic rings. The summed E-state index contributed by atoms with van der Waals surface area (Å²) in [4.78, 5) is 49.2. The van der Waals surface area contributed by atoms with Crippen LogP contribution in [0.3, 0.4) is 0 Å². The van der Waals surface area contributed by atoms with Crippen LogP contribution < -0.4 is 20.1 Å². The van der Waals surface area contributed by atoms with Gasteiger partial charge >= 0.3 is 11.9 Å². The molecule has 16 nitrogen and oxygen atoms in total. The van der Waals surface area contributed by atoms with Gasteiger partial charge < -0.3 is 40.5 Å². The molecule has 8 rings (SSSR count). The van der Waals surface area contributed by atoms with Gasteiger partial charge in [-0.2, -0.15) is 19.6 Å². The third kappa shape index (κ3) is 12.6. The lowest BCUT2D eigenvalue weighted by molar-refractivity contribution is -0.138. The first-order valence-corrected chi connectivity index (χ1v) is 22.9. The number of aliphatic hydroxyl groups is 2. The SMILES string of the molecule is Cc1ccccc1[C@H](CC(=O)O)NC(=O)c1cc(OC[C@@](C)(O)C2CC2)n(-c2ccccc2F)n1.Cc1ccccc1[C@H](CC(=O)O)NC(=O)c1cc(OC[C@](C)(O)C2CC2)n(-c2ccccc2F)n1. The van der Waals surface area contributed by atoms with E-state index in [-0.39, 0.29) is 72.4 Å². The number of nitrogens with zero attached hydrogens (tertiary/aromatic N) is 4. The Labute approximate surface area is 402 Å². The summed E-state index contributed by atoms with van der Waals surface area (Å²) in [5.74, 6) is -4.10. The lowest BCUT2D eigenvalue weighted by Crippen LogP contribution is -2.35. The molecule has 4 aromatic carbocycles. The van der Waals surface area contributed by atoms with Crippen LogP contribution in [-0.2, 0) is 9.59 Å². The molecule has 0 bridgehead atoms. The quantitative estimate of drug-likeness (QED) is 0.0435. The van der Waals surface area contributed by atoms with E-state index in [1.807, 2.05) is 38.1 Å². The van der Waals surface area contributed by atoms with E-state index in [0.29, 0.717) is 11.1 Å². The lowest BCUT2D eigenvalue weighted by Gasteiger charge is -2.23. The third-order valence-electron chi connectivity index (χ3n) is 12.4. The summed E-state index contributed by atoms with van der Waals surface area (Å²) in [6.45, 7) is 6.93. The molecule has 70 heavy (non-hydrogen) atoms. The number of rotatable bonds is 20. The standard InChI is InChI=1S/2C26H28FN3O5/c2*1-16-7-3-4-8-18(16)20(14-24(31)32)28-25(33)21-13-23(35-15-26(2,34)17-11-12-17)30(29-21)22-10-6-5-9-19(22)27/h2*3-10,13,17,20,34H,11-12,14-15H2,1-2H3,(H,28,33)(H,31,32)/t20-,26+;20-,26-/m00/s1. The average molecular weight is 963 g/mol. The number of benzene rings is 4. The minimum Gasteiger partial charge on any atom is -0.481 e. The molecule has 0 spiro atoms. The van der Waals surface area contributed by atoms with Crippen molar-refractivity contribution in [2.24, 2.45) is 11.8 Å². The number of ether oxygens (including phenoxy) is 2. The normalized spacial score (nSPS) is 15.8. The number of para-hydroxylation sites is 2. The second-order valence-electron chi connectivity index (χ2n) is 18.3.